The molecule has 26 heavy (non-hydrogen) atoms. The molecule has 0 saturated heterocycles. The van der Waals surface area contributed by atoms with Crippen molar-refractivity contribution in [3.8, 4) is 17.2 Å². The summed E-state index contributed by atoms with van der Waals surface area (Å²) < 4.78 is 15.8. The van der Waals surface area contributed by atoms with Crippen molar-refractivity contribution in [3.05, 3.63) is 53.6 Å². The summed E-state index contributed by atoms with van der Waals surface area (Å²) in [6.07, 6.45) is 0.534. The van der Waals surface area contributed by atoms with Crippen molar-refractivity contribution < 1.29 is 19.0 Å². The van der Waals surface area contributed by atoms with Crippen molar-refractivity contribution in [2.45, 2.75) is 12.5 Å². The summed E-state index contributed by atoms with van der Waals surface area (Å²) in [5, 5.41) is 2.92. The van der Waals surface area contributed by atoms with Gasteiger partial charge in [-0.3, -0.25) is 9.79 Å². The second-order valence-corrected chi connectivity index (χ2v) is 5.93. The number of nitrogens with zero attached hydrogens (tertiary/aromatic N) is 1. The van der Waals surface area contributed by atoms with E-state index in [4.69, 9.17) is 14.2 Å². The summed E-state index contributed by atoms with van der Waals surface area (Å²) in [5.74, 6) is 2.02. The lowest BCUT2D eigenvalue weighted by Gasteiger charge is -2.22. The van der Waals surface area contributed by atoms with E-state index in [1.54, 1.807) is 21.3 Å². The van der Waals surface area contributed by atoms with Crippen molar-refractivity contribution >= 4 is 11.6 Å². The molecule has 1 N–H and O–H groups in total. The van der Waals surface area contributed by atoms with Crippen LogP contribution in [0.15, 0.2) is 47.5 Å². The van der Waals surface area contributed by atoms with Crippen molar-refractivity contribution in [2.24, 2.45) is 4.99 Å². The number of aliphatic imine (C=N–C) groups is 1. The summed E-state index contributed by atoms with van der Waals surface area (Å²) in [7, 11) is 4.82. The van der Waals surface area contributed by atoms with E-state index >= 15 is 0 Å². The largest absolute Gasteiger partial charge is 0.497 e. The first-order chi connectivity index (χ1) is 12.6. The average Bonchev–Trinajstić information content (AvgIpc) is 2.69. The molecule has 2 aromatic carbocycles. The van der Waals surface area contributed by atoms with E-state index in [0.717, 1.165) is 22.6 Å². The lowest BCUT2D eigenvalue weighted by molar-refractivity contribution is -0.122. The van der Waals surface area contributed by atoms with Gasteiger partial charge in [-0.2, -0.15) is 0 Å². The molecule has 0 bridgehead atoms. The zero-order chi connectivity index (χ0) is 18.5. The van der Waals surface area contributed by atoms with E-state index < -0.39 is 6.04 Å². The minimum atomic E-state index is -0.458. The Balaban J connectivity index is 1.84. The van der Waals surface area contributed by atoms with Gasteiger partial charge in [0.1, 0.15) is 11.8 Å². The number of methoxy groups -OCH3 is 3. The highest BCUT2D eigenvalue weighted by Crippen LogP contribution is 2.28. The molecule has 0 fully saturated rings. The zero-order valence-corrected chi connectivity index (χ0v) is 15.1. The van der Waals surface area contributed by atoms with E-state index in [-0.39, 0.29) is 5.91 Å². The lowest BCUT2D eigenvalue weighted by Crippen LogP contribution is -2.43. The molecule has 1 aliphatic rings. The molecule has 1 aliphatic heterocycles. The maximum atomic E-state index is 12.2. The SMILES string of the molecule is COc1ccc(CC2N=C(c3ccc(OC)c(OC)c3)CNC2=O)cc1. The minimum absolute atomic E-state index is 0.0648. The van der Waals surface area contributed by atoms with Crippen LogP contribution >= 0.6 is 0 Å². The van der Waals surface area contributed by atoms with Gasteiger partial charge in [0.05, 0.1) is 33.6 Å². The molecule has 3 rings (SSSR count). The molecule has 0 aliphatic carbocycles. The first-order valence-corrected chi connectivity index (χ1v) is 8.34. The molecule has 1 amide bonds. The second-order valence-electron chi connectivity index (χ2n) is 5.93. The third-order valence-corrected chi connectivity index (χ3v) is 4.35. The Kier molecular flexibility index (Phi) is 5.41. The van der Waals surface area contributed by atoms with E-state index in [0.29, 0.717) is 24.5 Å². The van der Waals surface area contributed by atoms with Crippen LogP contribution in [0, 0.1) is 0 Å². The van der Waals surface area contributed by atoms with Crippen LogP contribution in [0.3, 0.4) is 0 Å². The number of hydrogen-bond donors (Lipinski definition) is 1. The Labute approximate surface area is 152 Å². The van der Waals surface area contributed by atoms with Crippen LogP contribution in [0.5, 0.6) is 17.2 Å². The Morgan fingerprint density at radius 2 is 1.73 bits per heavy atom. The number of carbonyl (C=O) groups is 1. The fourth-order valence-corrected chi connectivity index (χ4v) is 2.90. The summed E-state index contributed by atoms with van der Waals surface area (Å²) in [4.78, 5) is 16.9. The molecule has 0 spiro atoms. The molecule has 1 heterocycles. The molecule has 0 saturated carbocycles. The van der Waals surface area contributed by atoms with Gasteiger partial charge in [-0.25, -0.2) is 0 Å². The van der Waals surface area contributed by atoms with Crippen molar-refractivity contribution in [1.29, 1.82) is 0 Å². The number of hydrogen-bond acceptors (Lipinski definition) is 5. The molecule has 136 valence electrons. The summed E-state index contributed by atoms with van der Waals surface area (Å²) in [6.45, 7) is 0.396. The summed E-state index contributed by atoms with van der Waals surface area (Å²) in [5.41, 5.74) is 2.76. The Morgan fingerprint density at radius 3 is 2.38 bits per heavy atom. The first-order valence-electron chi connectivity index (χ1n) is 8.34. The van der Waals surface area contributed by atoms with Gasteiger partial charge in [0, 0.05) is 12.0 Å². The van der Waals surface area contributed by atoms with Gasteiger partial charge in [0.15, 0.2) is 11.5 Å². The molecule has 0 radical (unpaired) electrons. The van der Waals surface area contributed by atoms with Gasteiger partial charge in [0.25, 0.3) is 0 Å². The predicted octanol–water partition coefficient (Wildman–Crippen LogP) is 2.24. The van der Waals surface area contributed by atoms with Gasteiger partial charge in [-0.05, 0) is 35.9 Å². The lowest BCUT2D eigenvalue weighted by atomic mass is 10.0. The van der Waals surface area contributed by atoms with E-state index in [2.05, 4.69) is 10.3 Å². The molecule has 6 heteroatoms. The van der Waals surface area contributed by atoms with Crippen LogP contribution < -0.4 is 19.5 Å². The maximum absolute atomic E-state index is 12.2. The third kappa shape index (κ3) is 3.79. The molecule has 0 aromatic heterocycles. The molecular weight excluding hydrogens is 332 g/mol. The molecule has 6 nitrogen and oxygen atoms in total. The Hall–Kier alpha value is -3.02. The number of benzene rings is 2. The van der Waals surface area contributed by atoms with Crippen LogP contribution in [0.2, 0.25) is 0 Å². The van der Waals surface area contributed by atoms with Gasteiger partial charge in [-0.15, -0.1) is 0 Å². The van der Waals surface area contributed by atoms with E-state index in [1.165, 1.54) is 0 Å². The van der Waals surface area contributed by atoms with Gasteiger partial charge in [0.2, 0.25) is 5.91 Å². The molecule has 1 atom stereocenters. The average molecular weight is 354 g/mol. The highest BCUT2D eigenvalue weighted by atomic mass is 16.5. The number of amides is 1. The van der Waals surface area contributed by atoms with Gasteiger partial charge >= 0.3 is 0 Å². The maximum Gasteiger partial charge on any atom is 0.245 e. The minimum Gasteiger partial charge on any atom is -0.497 e. The summed E-state index contributed by atoms with van der Waals surface area (Å²) in [6, 6.07) is 12.8. The molecular formula is C20H22N2O4. The van der Waals surface area contributed by atoms with Gasteiger partial charge < -0.3 is 19.5 Å². The van der Waals surface area contributed by atoms with Crippen LogP contribution in [0.4, 0.5) is 0 Å². The normalized spacial score (nSPS) is 16.5. The summed E-state index contributed by atoms with van der Waals surface area (Å²) >= 11 is 0. The third-order valence-electron chi connectivity index (χ3n) is 4.35. The van der Waals surface area contributed by atoms with Crippen LogP contribution in [0.25, 0.3) is 0 Å². The monoisotopic (exact) mass is 354 g/mol. The second kappa shape index (κ2) is 7.91. The Bertz CT molecular complexity index is 815. The van der Waals surface area contributed by atoms with Crippen LogP contribution in [0.1, 0.15) is 11.1 Å². The predicted molar refractivity (Wildman–Crippen MR) is 99.6 cm³/mol. The molecule has 2 aromatic rings. The van der Waals surface area contributed by atoms with Crippen molar-refractivity contribution in [3.63, 3.8) is 0 Å². The number of carbonyl (C=O) groups excluding carboxylic acids is 1. The zero-order valence-electron chi connectivity index (χ0n) is 15.1. The van der Waals surface area contributed by atoms with Crippen LogP contribution in [-0.2, 0) is 11.2 Å². The van der Waals surface area contributed by atoms with Crippen molar-refractivity contribution in [1.82, 2.24) is 5.32 Å². The van der Waals surface area contributed by atoms with E-state index in [1.807, 2.05) is 42.5 Å². The Morgan fingerprint density at radius 1 is 1.00 bits per heavy atom. The smallest absolute Gasteiger partial charge is 0.245 e. The number of nitrogens with one attached hydrogen (secondary N) is 1. The standard InChI is InChI=1S/C20H22N2O4/c1-24-15-7-4-13(5-8-15)10-16-20(23)21-12-17(22-16)14-6-9-18(25-2)19(11-14)26-3/h4-9,11,16H,10,12H2,1-3H3,(H,21,23). The number of ether oxygens (including phenoxy) is 3. The first kappa shape index (κ1) is 17.8. The topological polar surface area (TPSA) is 69.2 Å². The van der Waals surface area contributed by atoms with E-state index in [9.17, 15) is 4.79 Å². The highest BCUT2D eigenvalue weighted by Gasteiger charge is 2.24. The quantitative estimate of drug-likeness (QED) is 0.864. The fraction of sp³-hybridized carbons (Fsp3) is 0.300. The highest BCUT2D eigenvalue weighted by molar-refractivity contribution is 6.07. The van der Waals surface area contributed by atoms with Gasteiger partial charge in [-0.1, -0.05) is 12.1 Å². The van der Waals surface area contributed by atoms with Crippen molar-refractivity contribution in [2.75, 3.05) is 27.9 Å². The van der Waals surface area contributed by atoms with Crippen LogP contribution in [-0.4, -0.2) is 45.5 Å². The molecule has 1 unspecified atom stereocenters. The number of rotatable bonds is 6. The fourth-order valence-electron chi connectivity index (χ4n) is 2.90.